The van der Waals surface area contributed by atoms with E-state index in [1.54, 1.807) is 62.2 Å². The number of aliphatic carboxylic acids is 1. The molecule has 0 fully saturated rings. The average Bonchev–Trinajstić information content (AvgIpc) is 2.96. The second-order valence-corrected chi connectivity index (χ2v) is 7.26. The van der Waals surface area contributed by atoms with E-state index in [9.17, 15) is 19.5 Å². The number of carboxylic acid groups (broad SMARTS) is 1. The summed E-state index contributed by atoms with van der Waals surface area (Å²) in [6, 6.07) is 16.1. The van der Waals surface area contributed by atoms with Gasteiger partial charge in [0.25, 0.3) is 5.56 Å². The minimum Gasteiger partial charge on any atom is -0.497 e. The smallest absolute Gasteiger partial charge is 0.303 e. The van der Waals surface area contributed by atoms with Gasteiger partial charge in [0.1, 0.15) is 11.4 Å². The topological polar surface area (TPSA) is 103 Å². The first-order chi connectivity index (χ1) is 14.8. The van der Waals surface area contributed by atoms with E-state index in [1.165, 1.54) is 4.68 Å². The highest BCUT2D eigenvalue weighted by Crippen LogP contribution is 2.26. The van der Waals surface area contributed by atoms with Crippen LogP contribution >= 0.6 is 0 Å². The van der Waals surface area contributed by atoms with Crippen molar-refractivity contribution in [3.05, 3.63) is 76.2 Å². The van der Waals surface area contributed by atoms with Gasteiger partial charge in [-0.15, -0.1) is 0 Å². The van der Waals surface area contributed by atoms with Crippen LogP contribution in [0.1, 0.15) is 30.0 Å². The zero-order valence-corrected chi connectivity index (χ0v) is 17.7. The van der Waals surface area contributed by atoms with Gasteiger partial charge < -0.3 is 15.2 Å². The summed E-state index contributed by atoms with van der Waals surface area (Å²) in [7, 11) is 3.28. The Morgan fingerprint density at radius 1 is 1.06 bits per heavy atom. The van der Waals surface area contributed by atoms with E-state index in [2.05, 4.69) is 5.32 Å². The fourth-order valence-corrected chi connectivity index (χ4v) is 3.52. The van der Waals surface area contributed by atoms with Crippen molar-refractivity contribution in [3.63, 3.8) is 0 Å². The molecule has 8 heteroatoms. The first-order valence-corrected chi connectivity index (χ1v) is 9.81. The summed E-state index contributed by atoms with van der Waals surface area (Å²) in [5.74, 6) is -1.32. The Balaban J connectivity index is 1.84. The predicted molar refractivity (Wildman–Crippen MR) is 117 cm³/mol. The molecule has 0 spiro atoms. The summed E-state index contributed by atoms with van der Waals surface area (Å²) in [4.78, 5) is 37.1. The van der Waals surface area contributed by atoms with Gasteiger partial charge in [-0.3, -0.25) is 19.1 Å². The van der Waals surface area contributed by atoms with Crippen molar-refractivity contribution in [2.24, 2.45) is 7.05 Å². The number of carbonyl (C=O) groups excluding carboxylic acids is 1. The lowest BCUT2D eigenvalue weighted by Crippen LogP contribution is -2.24. The molecule has 162 valence electrons. The third-order valence-corrected chi connectivity index (χ3v) is 5.26. The number of hydrogen-bond donors (Lipinski definition) is 2. The van der Waals surface area contributed by atoms with E-state index in [-0.39, 0.29) is 24.1 Å². The molecule has 2 N–H and O–H groups in total. The largest absolute Gasteiger partial charge is 0.497 e. The predicted octanol–water partition coefficient (Wildman–Crippen LogP) is 3.08. The lowest BCUT2D eigenvalue weighted by molar-refractivity contribution is -0.137. The summed E-state index contributed by atoms with van der Waals surface area (Å²) in [6.45, 7) is 1.74. The Hall–Kier alpha value is -3.81. The van der Waals surface area contributed by atoms with Crippen LogP contribution in [0.4, 0.5) is 5.69 Å². The van der Waals surface area contributed by atoms with E-state index < -0.39 is 17.8 Å². The summed E-state index contributed by atoms with van der Waals surface area (Å²) in [5, 5.41) is 12.0. The van der Waals surface area contributed by atoms with Crippen molar-refractivity contribution in [1.82, 2.24) is 9.36 Å². The summed E-state index contributed by atoms with van der Waals surface area (Å²) < 4.78 is 8.28. The summed E-state index contributed by atoms with van der Waals surface area (Å²) in [6.07, 6.45) is -0.278. The van der Waals surface area contributed by atoms with Crippen LogP contribution in [0, 0.1) is 6.92 Å². The minimum absolute atomic E-state index is 0.0717. The van der Waals surface area contributed by atoms with Gasteiger partial charge in [0, 0.05) is 19.4 Å². The molecular weight excluding hydrogens is 398 g/mol. The van der Waals surface area contributed by atoms with Gasteiger partial charge in [-0.2, -0.15) is 0 Å². The molecule has 1 aromatic heterocycles. The quantitative estimate of drug-likeness (QED) is 0.580. The molecule has 3 aromatic rings. The number of benzene rings is 2. The number of hydrogen-bond acceptors (Lipinski definition) is 4. The number of amides is 1. The zero-order valence-electron chi connectivity index (χ0n) is 17.7. The number of carbonyl (C=O) groups is 2. The Morgan fingerprint density at radius 2 is 1.71 bits per heavy atom. The molecule has 0 bridgehead atoms. The SMILES string of the molecule is COc1ccc(C(CC(=O)O)CC(=O)Nc2c(C)n(C)n(-c3ccccc3)c2=O)cc1. The van der Waals surface area contributed by atoms with Crippen molar-refractivity contribution in [1.29, 1.82) is 0 Å². The highest BCUT2D eigenvalue weighted by atomic mass is 16.5. The normalized spacial score (nSPS) is 11.7. The van der Waals surface area contributed by atoms with Crippen LogP contribution in [0.5, 0.6) is 5.75 Å². The van der Waals surface area contributed by atoms with Crippen molar-refractivity contribution in [3.8, 4) is 11.4 Å². The number of para-hydroxylation sites is 1. The second-order valence-electron chi connectivity index (χ2n) is 7.26. The van der Waals surface area contributed by atoms with Gasteiger partial charge in [-0.1, -0.05) is 30.3 Å². The number of rotatable bonds is 8. The van der Waals surface area contributed by atoms with Crippen LogP contribution in [0.25, 0.3) is 5.69 Å². The lowest BCUT2D eigenvalue weighted by atomic mass is 9.92. The van der Waals surface area contributed by atoms with Gasteiger partial charge in [0.15, 0.2) is 0 Å². The van der Waals surface area contributed by atoms with E-state index >= 15 is 0 Å². The van der Waals surface area contributed by atoms with E-state index in [4.69, 9.17) is 4.74 Å². The Kier molecular flexibility index (Phi) is 6.59. The van der Waals surface area contributed by atoms with Crippen molar-refractivity contribution >= 4 is 17.6 Å². The summed E-state index contributed by atoms with van der Waals surface area (Å²) in [5.41, 5.74) is 1.82. The third-order valence-electron chi connectivity index (χ3n) is 5.26. The number of anilines is 1. The van der Waals surface area contributed by atoms with Crippen LogP contribution < -0.4 is 15.6 Å². The van der Waals surface area contributed by atoms with Gasteiger partial charge >= 0.3 is 5.97 Å². The lowest BCUT2D eigenvalue weighted by Gasteiger charge is -2.15. The van der Waals surface area contributed by atoms with Crippen molar-refractivity contribution in [2.45, 2.75) is 25.7 Å². The molecule has 3 rings (SSSR count). The maximum Gasteiger partial charge on any atom is 0.303 e. The molecule has 0 saturated heterocycles. The van der Waals surface area contributed by atoms with E-state index in [0.29, 0.717) is 22.7 Å². The van der Waals surface area contributed by atoms with Crippen LogP contribution in [0.15, 0.2) is 59.4 Å². The molecule has 1 amide bonds. The van der Waals surface area contributed by atoms with Gasteiger partial charge in [0.2, 0.25) is 5.91 Å². The molecule has 2 aromatic carbocycles. The zero-order chi connectivity index (χ0) is 22.5. The number of ether oxygens (including phenoxy) is 1. The molecule has 0 aliphatic carbocycles. The molecule has 1 atom stereocenters. The fourth-order valence-electron chi connectivity index (χ4n) is 3.52. The highest BCUT2D eigenvalue weighted by molar-refractivity contribution is 5.92. The van der Waals surface area contributed by atoms with Crippen LogP contribution in [0.3, 0.4) is 0 Å². The standard InChI is InChI=1S/C23H25N3O5/c1-15-22(23(30)26(25(15)2)18-7-5-4-6-8-18)24-20(27)13-17(14-21(28)29)16-9-11-19(31-3)12-10-16/h4-12,17H,13-14H2,1-3H3,(H,24,27)(H,28,29). The second kappa shape index (κ2) is 9.34. The third kappa shape index (κ3) is 4.85. The maximum absolute atomic E-state index is 13.0. The number of aromatic nitrogens is 2. The highest BCUT2D eigenvalue weighted by Gasteiger charge is 2.23. The van der Waals surface area contributed by atoms with Gasteiger partial charge in [-0.05, 0) is 36.8 Å². The molecule has 0 saturated carbocycles. The minimum atomic E-state index is -1.00. The van der Waals surface area contributed by atoms with Gasteiger partial charge in [-0.25, -0.2) is 4.68 Å². The Morgan fingerprint density at radius 3 is 2.29 bits per heavy atom. The Bertz CT molecular complexity index is 1130. The molecule has 0 aliphatic heterocycles. The molecule has 0 aliphatic rings. The number of nitrogens with one attached hydrogen (secondary N) is 1. The van der Waals surface area contributed by atoms with E-state index in [1.807, 2.05) is 18.2 Å². The van der Waals surface area contributed by atoms with Crippen LogP contribution in [0.2, 0.25) is 0 Å². The Labute approximate surface area is 179 Å². The average molecular weight is 423 g/mol. The molecule has 8 nitrogen and oxygen atoms in total. The summed E-state index contributed by atoms with van der Waals surface area (Å²) >= 11 is 0. The van der Waals surface area contributed by atoms with Crippen molar-refractivity contribution in [2.75, 3.05) is 12.4 Å². The maximum atomic E-state index is 13.0. The first kappa shape index (κ1) is 21.9. The molecular formula is C23H25N3O5. The van der Waals surface area contributed by atoms with Gasteiger partial charge in [0.05, 0.1) is 24.9 Å². The number of carboxylic acids is 1. The van der Waals surface area contributed by atoms with Crippen molar-refractivity contribution < 1.29 is 19.4 Å². The number of nitrogens with zero attached hydrogens (tertiary/aromatic N) is 2. The molecule has 1 unspecified atom stereocenters. The molecule has 31 heavy (non-hydrogen) atoms. The van der Waals surface area contributed by atoms with Crippen LogP contribution in [-0.4, -0.2) is 33.5 Å². The first-order valence-electron chi connectivity index (χ1n) is 9.81. The monoisotopic (exact) mass is 423 g/mol. The van der Waals surface area contributed by atoms with E-state index in [0.717, 1.165) is 0 Å². The fraction of sp³-hybridized carbons (Fsp3) is 0.261. The molecule has 0 radical (unpaired) electrons. The van der Waals surface area contributed by atoms with Crippen LogP contribution in [-0.2, 0) is 16.6 Å². The molecule has 1 heterocycles. The number of methoxy groups -OCH3 is 1.